The lowest BCUT2D eigenvalue weighted by Crippen LogP contribution is -2.42. The van der Waals surface area contributed by atoms with Gasteiger partial charge < -0.3 is 20.1 Å². The average molecular weight is 390 g/mol. The van der Waals surface area contributed by atoms with Gasteiger partial charge in [-0.2, -0.15) is 0 Å². The minimum absolute atomic E-state index is 0.0446. The molecule has 0 aromatic heterocycles. The number of nitrogens with two attached hydrogens (primary N) is 1. The van der Waals surface area contributed by atoms with Crippen LogP contribution in [0.25, 0.3) is 10.8 Å². The molecule has 1 atom stereocenters. The van der Waals surface area contributed by atoms with E-state index in [0.717, 1.165) is 34.1 Å². The number of amides is 1. The Kier molecular flexibility index (Phi) is 5.79. The van der Waals surface area contributed by atoms with E-state index in [9.17, 15) is 4.79 Å². The largest absolute Gasteiger partial charge is 0.497 e. The molecule has 2 N–H and O–H groups in total. The van der Waals surface area contributed by atoms with Crippen molar-refractivity contribution in [2.24, 2.45) is 5.73 Å². The van der Waals surface area contributed by atoms with E-state index in [4.69, 9.17) is 15.2 Å². The van der Waals surface area contributed by atoms with Crippen molar-refractivity contribution in [2.45, 2.75) is 12.5 Å². The summed E-state index contributed by atoms with van der Waals surface area (Å²) in [5, 5.41) is 2.25. The van der Waals surface area contributed by atoms with Crippen LogP contribution in [0, 0.1) is 0 Å². The molecular formula is C24H26N2O3. The Hall–Kier alpha value is -2.89. The van der Waals surface area contributed by atoms with Crippen molar-refractivity contribution in [1.82, 2.24) is 4.90 Å². The highest BCUT2D eigenvalue weighted by molar-refractivity contribution is 5.94. The van der Waals surface area contributed by atoms with Gasteiger partial charge in [-0.3, -0.25) is 4.79 Å². The van der Waals surface area contributed by atoms with Gasteiger partial charge in [-0.05, 0) is 65.2 Å². The van der Waals surface area contributed by atoms with Gasteiger partial charge in [-0.25, -0.2) is 0 Å². The van der Waals surface area contributed by atoms with Gasteiger partial charge in [0.15, 0.2) is 0 Å². The number of morpholine rings is 1. The van der Waals surface area contributed by atoms with Crippen molar-refractivity contribution >= 4 is 16.7 Å². The second-order valence-corrected chi connectivity index (χ2v) is 7.32. The quantitative estimate of drug-likeness (QED) is 0.723. The Bertz CT molecular complexity index is 1000. The molecule has 0 aliphatic carbocycles. The highest BCUT2D eigenvalue weighted by Crippen LogP contribution is 2.28. The van der Waals surface area contributed by atoms with E-state index in [2.05, 4.69) is 18.2 Å². The number of carbonyl (C=O) groups is 1. The summed E-state index contributed by atoms with van der Waals surface area (Å²) in [6.45, 7) is 2.29. The first-order valence-corrected chi connectivity index (χ1v) is 9.95. The zero-order valence-corrected chi connectivity index (χ0v) is 16.6. The fourth-order valence-electron chi connectivity index (χ4n) is 3.77. The maximum Gasteiger partial charge on any atom is 0.254 e. The summed E-state index contributed by atoms with van der Waals surface area (Å²) in [7, 11) is 1.67. The topological polar surface area (TPSA) is 64.8 Å². The van der Waals surface area contributed by atoms with Gasteiger partial charge in [0, 0.05) is 12.1 Å². The van der Waals surface area contributed by atoms with Gasteiger partial charge >= 0.3 is 0 Å². The lowest BCUT2D eigenvalue weighted by molar-refractivity contribution is -0.0227. The summed E-state index contributed by atoms with van der Waals surface area (Å²) in [4.78, 5) is 14.8. The molecule has 1 aliphatic rings. The zero-order chi connectivity index (χ0) is 20.2. The first-order valence-electron chi connectivity index (χ1n) is 9.95. The predicted octanol–water partition coefficient (Wildman–Crippen LogP) is 3.56. The number of fused-ring (bicyclic) bond motifs is 1. The van der Waals surface area contributed by atoms with Crippen LogP contribution >= 0.6 is 0 Å². The molecule has 1 saturated heterocycles. The van der Waals surface area contributed by atoms with E-state index in [1.165, 1.54) is 0 Å². The first kappa shape index (κ1) is 19.4. The third kappa shape index (κ3) is 4.26. The van der Waals surface area contributed by atoms with E-state index in [0.29, 0.717) is 31.8 Å². The van der Waals surface area contributed by atoms with Gasteiger partial charge in [0.1, 0.15) is 11.9 Å². The number of methoxy groups -OCH3 is 1. The molecule has 150 valence electrons. The summed E-state index contributed by atoms with van der Waals surface area (Å²) in [6.07, 6.45) is 0.692. The number of carbonyl (C=O) groups excluding carboxylic acids is 1. The third-order valence-electron chi connectivity index (χ3n) is 5.43. The average Bonchev–Trinajstić information content (AvgIpc) is 2.78. The van der Waals surface area contributed by atoms with E-state index in [1.54, 1.807) is 7.11 Å². The van der Waals surface area contributed by atoms with E-state index >= 15 is 0 Å². The number of hydrogen-bond acceptors (Lipinski definition) is 4. The maximum atomic E-state index is 13.0. The van der Waals surface area contributed by atoms with Crippen LogP contribution in [0.5, 0.6) is 5.75 Å². The van der Waals surface area contributed by atoms with Crippen molar-refractivity contribution in [1.29, 1.82) is 0 Å². The second-order valence-electron chi connectivity index (χ2n) is 7.32. The zero-order valence-electron chi connectivity index (χ0n) is 16.6. The van der Waals surface area contributed by atoms with E-state index in [1.807, 2.05) is 47.4 Å². The maximum absolute atomic E-state index is 13.0. The van der Waals surface area contributed by atoms with Crippen molar-refractivity contribution in [3.63, 3.8) is 0 Å². The van der Waals surface area contributed by atoms with Crippen LogP contribution in [0.15, 0.2) is 60.7 Å². The van der Waals surface area contributed by atoms with Crippen LogP contribution in [-0.4, -0.2) is 44.2 Å². The molecule has 5 nitrogen and oxygen atoms in total. The fraction of sp³-hybridized carbons (Fsp3) is 0.292. The molecule has 1 aliphatic heterocycles. The van der Waals surface area contributed by atoms with Gasteiger partial charge in [0.05, 0.1) is 20.3 Å². The summed E-state index contributed by atoms with van der Waals surface area (Å²) in [5.74, 6) is 0.886. The third-order valence-corrected chi connectivity index (χ3v) is 5.43. The Labute approximate surface area is 171 Å². The standard InChI is InChI=1S/C24H26N2O3/c1-28-22-9-8-19-14-21(7-6-20(19)15-22)23-16-26(12-13-29-23)24(27)18-4-2-17(3-5-18)10-11-25/h2-9,14-15,23H,10-13,16,25H2,1H3/t23-/m0/s1. The van der Waals surface area contributed by atoms with Crippen molar-refractivity contribution < 1.29 is 14.3 Å². The minimum Gasteiger partial charge on any atom is -0.497 e. The summed E-state index contributed by atoms with van der Waals surface area (Å²) < 4.78 is 11.3. The normalized spacial score (nSPS) is 16.8. The highest BCUT2D eigenvalue weighted by atomic mass is 16.5. The Morgan fingerprint density at radius 2 is 1.86 bits per heavy atom. The van der Waals surface area contributed by atoms with Gasteiger partial charge in [0.2, 0.25) is 0 Å². The molecule has 5 heteroatoms. The van der Waals surface area contributed by atoms with Crippen molar-refractivity contribution in [3.05, 3.63) is 77.4 Å². The fourth-order valence-corrected chi connectivity index (χ4v) is 3.77. The molecule has 1 heterocycles. The molecule has 3 aromatic rings. The number of ether oxygens (including phenoxy) is 2. The number of hydrogen-bond donors (Lipinski definition) is 1. The van der Waals surface area contributed by atoms with Crippen molar-refractivity contribution in [2.75, 3.05) is 33.4 Å². The predicted molar refractivity (Wildman–Crippen MR) is 114 cm³/mol. The molecule has 0 spiro atoms. The SMILES string of the molecule is COc1ccc2cc([C@@H]3CN(C(=O)c4ccc(CCN)cc4)CCO3)ccc2c1. The molecule has 0 saturated carbocycles. The highest BCUT2D eigenvalue weighted by Gasteiger charge is 2.26. The van der Waals surface area contributed by atoms with E-state index in [-0.39, 0.29) is 12.0 Å². The number of nitrogens with zero attached hydrogens (tertiary/aromatic N) is 1. The van der Waals surface area contributed by atoms with Gasteiger partial charge in [-0.15, -0.1) is 0 Å². The lowest BCUT2D eigenvalue weighted by atomic mass is 10.0. The monoisotopic (exact) mass is 390 g/mol. The van der Waals surface area contributed by atoms with Crippen LogP contribution in [0.3, 0.4) is 0 Å². The summed E-state index contributed by atoms with van der Waals surface area (Å²) >= 11 is 0. The van der Waals surface area contributed by atoms with Gasteiger partial charge in [-0.1, -0.05) is 30.3 Å². The minimum atomic E-state index is -0.129. The smallest absolute Gasteiger partial charge is 0.254 e. The van der Waals surface area contributed by atoms with Crippen LogP contribution in [-0.2, 0) is 11.2 Å². The Morgan fingerprint density at radius 1 is 1.10 bits per heavy atom. The molecule has 1 amide bonds. The van der Waals surface area contributed by atoms with Crippen LogP contribution in [0.4, 0.5) is 0 Å². The summed E-state index contributed by atoms with van der Waals surface area (Å²) in [5.41, 5.74) is 8.54. The van der Waals surface area contributed by atoms with Crippen molar-refractivity contribution in [3.8, 4) is 5.75 Å². The van der Waals surface area contributed by atoms with Crippen LogP contribution < -0.4 is 10.5 Å². The molecular weight excluding hydrogens is 364 g/mol. The first-order chi connectivity index (χ1) is 14.2. The Morgan fingerprint density at radius 3 is 2.62 bits per heavy atom. The molecule has 1 fully saturated rings. The van der Waals surface area contributed by atoms with Gasteiger partial charge in [0.25, 0.3) is 5.91 Å². The molecule has 4 rings (SSSR count). The van der Waals surface area contributed by atoms with E-state index < -0.39 is 0 Å². The number of rotatable bonds is 5. The number of benzene rings is 3. The Balaban J connectivity index is 1.50. The molecule has 29 heavy (non-hydrogen) atoms. The summed E-state index contributed by atoms with van der Waals surface area (Å²) in [6, 6.07) is 20.0. The molecule has 0 radical (unpaired) electrons. The molecule has 3 aromatic carbocycles. The van der Waals surface area contributed by atoms with Crippen LogP contribution in [0.2, 0.25) is 0 Å². The molecule has 0 bridgehead atoms. The van der Waals surface area contributed by atoms with Crippen LogP contribution in [0.1, 0.15) is 27.6 Å². The lowest BCUT2D eigenvalue weighted by Gasteiger charge is -2.33. The second kappa shape index (κ2) is 8.64. The molecule has 0 unspecified atom stereocenters.